The number of amides is 2. The molecule has 1 N–H and O–H groups in total. The molecule has 8 aliphatic rings. The molecule has 7 nitrogen and oxygen atoms in total. The Kier molecular flexibility index (Phi) is 8.81. The van der Waals surface area contributed by atoms with Crippen molar-refractivity contribution in [1.82, 2.24) is 15.1 Å². The van der Waals surface area contributed by atoms with Crippen LogP contribution in [0.3, 0.4) is 0 Å². The van der Waals surface area contributed by atoms with Crippen LogP contribution in [0.5, 0.6) is 0 Å². The van der Waals surface area contributed by atoms with Crippen LogP contribution >= 0.6 is 0 Å². The molecule has 4 aliphatic carbocycles. The van der Waals surface area contributed by atoms with Gasteiger partial charge < -0.3 is 24.6 Å². The van der Waals surface area contributed by atoms with Gasteiger partial charge in [-0.05, 0) is 143 Å². The average Bonchev–Trinajstić information content (AvgIpc) is 3.52. The highest BCUT2D eigenvalue weighted by atomic mass is 16.7. The summed E-state index contributed by atoms with van der Waals surface area (Å²) in [7, 11) is 0. The van der Waals surface area contributed by atoms with Crippen molar-refractivity contribution in [3.05, 3.63) is 0 Å². The number of nitrogens with zero attached hydrogens (tertiary/aromatic N) is 2. The maximum atomic E-state index is 13.2. The molecule has 8 rings (SSSR count). The molecule has 0 aromatic heterocycles. The third kappa shape index (κ3) is 5.63. The smallest absolute Gasteiger partial charge is 0.232 e. The Bertz CT molecular complexity index is 1170. The number of hydrogen-bond donors (Lipinski definition) is 1. The first kappa shape index (κ1) is 33.0. The zero-order valence-electron chi connectivity index (χ0n) is 30.2. The van der Waals surface area contributed by atoms with Gasteiger partial charge in [0.15, 0.2) is 5.79 Å². The van der Waals surface area contributed by atoms with Crippen LogP contribution in [0.1, 0.15) is 130 Å². The number of ether oxygens (including phenoxy) is 2. The molecule has 0 aromatic carbocycles. The number of rotatable bonds is 4. The maximum Gasteiger partial charge on any atom is 0.232 e. The Balaban J connectivity index is 0.841. The Morgan fingerprint density at radius 3 is 2.32 bits per heavy atom. The summed E-state index contributed by atoms with van der Waals surface area (Å²) < 4.78 is 13.5. The van der Waals surface area contributed by atoms with Crippen LogP contribution in [0.15, 0.2) is 0 Å². The highest BCUT2D eigenvalue weighted by Gasteiger charge is 2.69. The van der Waals surface area contributed by atoms with E-state index in [1.165, 1.54) is 77.3 Å². The van der Waals surface area contributed by atoms with Crippen molar-refractivity contribution in [2.75, 3.05) is 32.8 Å². The first-order valence-corrected chi connectivity index (χ1v) is 20.2. The largest absolute Gasteiger partial charge is 0.353 e. The predicted octanol–water partition coefficient (Wildman–Crippen LogP) is 6.78. The molecular formula is C40H65N3O4. The fourth-order valence-electron chi connectivity index (χ4n) is 13.7. The second-order valence-corrected chi connectivity index (χ2v) is 18.6. The zero-order chi connectivity index (χ0) is 32.6. The summed E-state index contributed by atoms with van der Waals surface area (Å²) in [5.74, 6) is 4.45. The molecule has 4 aliphatic heterocycles. The lowest BCUT2D eigenvalue weighted by Gasteiger charge is -2.61. The number of carbonyl (C=O) groups is 2. The minimum Gasteiger partial charge on any atom is -0.353 e. The Morgan fingerprint density at radius 2 is 1.57 bits per heavy atom. The van der Waals surface area contributed by atoms with E-state index in [1.54, 1.807) is 0 Å². The minimum absolute atomic E-state index is 0.0198. The Morgan fingerprint density at radius 1 is 0.809 bits per heavy atom. The molecule has 2 amide bonds. The Labute approximate surface area is 285 Å². The van der Waals surface area contributed by atoms with E-state index in [-0.39, 0.29) is 30.1 Å². The van der Waals surface area contributed by atoms with Gasteiger partial charge in [0, 0.05) is 37.5 Å². The van der Waals surface area contributed by atoms with Gasteiger partial charge in [0.25, 0.3) is 0 Å². The van der Waals surface area contributed by atoms with Gasteiger partial charge in [0.2, 0.25) is 11.8 Å². The van der Waals surface area contributed by atoms with Crippen molar-refractivity contribution in [2.24, 2.45) is 52.3 Å². The molecule has 4 saturated heterocycles. The van der Waals surface area contributed by atoms with Crippen molar-refractivity contribution >= 4 is 11.8 Å². The van der Waals surface area contributed by atoms with E-state index in [1.807, 2.05) is 4.90 Å². The molecule has 4 saturated carbocycles. The van der Waals surface area contributed by atoms with Crippen molar-refractivity contribution < 1.29 is 19.1 Å². The fourth-order valence-corrected chi connectivity index (χ4v) is 13.7. The van der Waals surface area contributed by atoms with Gasteiger partial charge in [-0.2, -0.15) is 0 Å². The summed E-state index contributed by atoms with van der Waals surface area (Å²) >= 11 is 0. The molecule has 0 radical (unpaired) electrons. The van der Waals surface area contributed by atoms with Crippen molar-refractivity contribution in [1.29, 1.82) is 0 Å². The SMILES string of the molecule is C[C@@H]1CC[C@@]2(OC1)O[C@H]1C[C@H]3[C@@H]4CC[C@H]5CC(NC(=O)CC(=O)N6CCC(N7CCCCC7)CC6)CC[C@]5(C)[C@H]4CC[C@]3(C)[C@H]1[C@@H]2C. The molecule has 1 spiro atoms. The van der Waals surface area contributed by atoms with Crippen LogP contribution in [-0.2, 0) is 19.1 Å². The van der Waals surface area contributed by atoms with Crippen molar-refractivity contribution in [3.8, 4) is 0 Å². The first-order valence-electron chi connectivity index (χ1n) is 20.2. The summed E-state index contributed by atoms with van der Waals surface area (Å²) in [6.07, 6.45) is 18.7. The lowest BCUT2D eigenvalue weighted by molar-refractivity contribution is -0.273. The first-order chi connectivity index (χ1) is 22.6. The number of fused-ring (bicyclic) bond motifs is 7. The van der Waals surface area contributed by atoms with Crippen LogP contribution in [0, 0.1) is 52.3 Å². The number of hydrogen-bond acceptors (Lipinski definition) is 5. The third-order valence-corrected chi connectivity index (χ3v) is 16.3. The highest BCUT2D eigenvalue weighted by molar-refractivity contribution is 5.97. The molecule has 0 bridgehead atoms. The van der Waals surface area contributed by atoms with Gasteiger partial charge in [-0.3, -0.25) is 9.59 Å². The van der Waals surface area contributed by atoms with Crippen LogP contribution in [-0.4, -0.2) is 78.4 Å². The van der Waals surface area contributed by atoms with Gasteiger partial charge in [0.05, 0.1) is 12.7 Å². The summed E-state index contributed by atoms with van der Waals surface area (Å²) in [6.45, 7) is 14.9. The molecule has 4 heterocycles. The van der Waals surface area contributed by atoms with Crippen molar-refractivity contribution in [3.63, 3.8) is 0 Å². The molecule has 47 heavy (non-hydrogen) atoms. The summed E-state index contributed by atoms with van der Waals surface area (Å²) in [4.78, 5) is 30.9. The molecule has 0 aromatic rings. The average molecular weight is 652 g/mol. The van der Waals surface area contributed by atoms with Gasteiger partial charge in [-0.15, -0.1) is 0 Å². The molecule has 7 heteroatoms. The fraction of sp³-hybridized carbons (Fsp3) is 0.950. The van der Waals surface area contributed by atoms with E-state index >= 15 is 0 Å². The van der Waals surface area contributed by atoms with Gasteiger partial charge in [0.1, 0.15) is 6.42 Å². The van der Waals surface area contributed by atoms with Crippen LogP contribution in [0.25, 0.3) is 0 Å². The zero-order valence-corrected chi connectivity index (χ0v) is 30.2. The maximum absolute atomic E-state index is 13.2. The van der Waals surface area contributed by atoms with Crippen LogP contribution in [0.2, 0.25) is 0 Å². The van der Waals surface area contributed by atoms with E-state index in [4.69, 9.17) is 9.47 Å². The summed E-state index contributed by atoms with van der Waals surface area (Å²) in [6, 6.07) is 0.841. The van der Waals surface area contributed by atoms with Crippen molar-refractivity contribution in [2.45, 2.75) is 154 Å². The van der Waals surface area contributed by atoms with E-state index in [0.29, 0.717) is 46.6 Å². The molecule has 1 unspecified atom stereocenters. The van der Waals surface area contributed by atoms with Crippen LogP contribution in [0.4, 0.5) is 0 Å². The van der Waals surface area contributed by atoms with Gasteiger partial charge >= 0.3 is 0 Å². The Hall–Kier alpha value is -1.18. The van der Waals surface area contributed by atoms with E-state index in [0.717, 1.165) is 69.6 Å². The van der Waals surface area contributed by atoms with E-state index in [2.05, 4.69) is 37.9 Å². The van der Waals surface area contributed by atoms with Gasteiger partial charge in [-0.25, -0.2) is 0 Å². The number of likely N-dealkylation sites (tertiary alicyclic amines) is 2. The topological polar surface area (TPSA) is 71.1 Å². The third-order valence-electron chi connectivity index (χ3n) is 16.3. The highest BCUT2D eigenvalue weighted by Crippen LogP contribution is 2.71. The monoisotopic (exact) mass is 651 g/mol. The van der Waals surface area contributed by atoms with Crippen LogP contribution < -0.4 is 5.32 Å². The second-order valence-electron chi connectivity index (χ2n) is 18.6. The molecule has 12 atom stereocenters. The predicted molar refractivity (Wildman–Crippen MR) is 183 cm³/mol. The lowest BCUT2D eigenvalue weighted by atomic mass is 9.44. The number of nitrogens with one attached hydrogen (secondary N) is 1. The van der Waals surface area contributed by atoms with Gasteiger partial charge in [-0.1, -0.05) is 34.1 Å². The standard InChI is InChI=1S/C40H65N3O4/c1-26-10-17-40(46-25-26)27(2)37-34(47-40)23-33-31-9-8-28-22-29(11-15-38(28,3)32(31)12-16-39(33,37)4)41-35(44)24-36(45)43-20-13-30(14-21-43)42-18-6-5-7-19-42/h26-34,37H,5-25H2,1-4H3,(H,41,44)/t26-,27+,28+,29?,31-,32+,33+,34+,37+,38+,39+,40-/m1/s1. The molecular weight excluding hydrogens is 586 g/mol. The normalized spacial score (nSPS) is 48.8. The number of carbonyl (C=O) groups excluding carboxylic acids is 2. The second kappa shape index (κ2) is 12.5. The summed E-state index contributed by atoms with van der Waals surface area (Å²) in [5, 5.41) is 3.35. The molecule has 264 valence electrons. The van der Waals surface area contributed by atoms with E-state index in [9.17, 15) is 9.59 Å². The lowest BCUT2D eigenvalue weighted by Crippen LogP contribution is -2.56. The molecule has 8 fully saturated rings. The number of piperidine rings is 2. The quantitative estimate of drug-likeness (QED) is 0.339. The van der Waals surface area contributed by atoms with E-state index < -0.39 is 0 Å². The summed E-state index contributed by atoms with van der Waals surface area (Å²) in [5.41, 5.74) is 0.735. The minimum atomic E-state index is -0.326.